The van der Waals surface area contributed by atoms with E-state index in [0.717, 1.165) is 16.8 Å². The summed E-state index contributed by atoms with van der Waals surface area (Å²) in [4.78, 5) is 17.3. The van der Waals surface area contributed by atoms with Crippen LogP contribution in [0.1, 0.15) is 11.1 Å². The Morgan fingerprint density at radius 3 is 1.69 bits per heavy atom. The smallest absolute Gasteiger partial charge is 0.248 e. The van der Waals surface area contributed by atoms with Crippen molar-refractivity contribution in [2.75, 3.05) is 21.4 Å². The number of halogens is 2. The number of anilines is 4. The lowest BCUT2D eigenvalue weighted by Gasteiger charge is -2.14. The first kappa shape index (κ1) is 24.4. The summed E-state index contributed by atoms with van der Waals surface area (Å²) < 4.78 is 0. The zero-order chi connectivity index (χ0) is 24.5. The fourth-order valence-electron chi connectivity index (χ4n) is 2.87. The van der Waals surface area contributed by atoms with E-state index in [1.165, 1.54) is 0 Å². The summed E-state index contributed by atoms with van der Waals surface area (Å²) in [6, 6.07) is 18.7. The summed E-state index contributed by atoms with van der Waals surface area (Å²) in [6.45, 7) is 1.01. The van der Waals surface area contributed by atoms with Crippen molar-refractivity contribution < 1.29 is 0 Å². The molecular formula is C23H21Cl2N9S. The van der Waals surface area contributed by atoms with Gasteiger partial charge in [-0.15, -0.1) is 0 Å². The largest absolute Gasteiger partial charge is 0.350 e. The van der Waals surface area contributed by atoms with Gasteiger partial charge in [0.15, 0.2) is 5.11 Å². The van der Waals surface area contributed by atoms with Gasteiger partial charge in [-0.25, -0.2) is 0 Å². The van der Waals surface area contributed by atoms with Crippen molar-refractivity contribution in [2.45, 2.75) is 13.1 Å². The summed E-state index contributed by atoms with van der Waals surface area (Å²) in [5, 5.41) is 11.1. The first-order chi connectivity index (χ1) is 17.0. The van der Waals surface area contributed by atoms with E-state index in [2.05, 4.69) is 46.7 Å². The molecule has 2 aromatic heterocycles. The van der Waals surface area contributed by atoms with Crippen molar-refractivity contribution in [1.82, 2.24) is 25.4 Å². The molecule has 0 aliphatic rings. The Kier molecular flexibility index (Phi) is 8.44. The lowest BCUT2D eigenvalue weighted by molar-refractivity contribution is 0.954. The molecule has 12 heteroatoms. The molecule has 0 aliphatic heterocycles. The van der Waals surface area contributed by atoms with Gasteiger partial charge in [0, 0.05) is 41.2 Å². The molecule has 2 aromatic carbocycles. The standard InChI is InChI=1S/C23H21Cl2N9S/c24-17-5-1-15(2-6-17)13-27-20-30-21(28-14-16-3-7-18(25)8-4-16)32-22(31-20)33-34-23(35)29-19-9-11-26-12-10-19/h1-12H,13-14H2,(H2,26,29,34,35)(H3,27,28,30,31,32,33). The van der Waals surface area contributed by atoms with Crippen molar-refractivity contribution in [3.63, 3.8) is 0 Å². The fraction of sp³-hybridized carbons (Fsp3) is 0.0870. The SMILES string of the molecule is S=C(NNc1nc(NCc2ccc(Cl)cc2)nc(NCc2ccc(Cl)cc2)n1)Nc1ccncc1. The van der Waals surface area contributed by atoms with Crippen molar-refractivity contribution >= 4 is 64.1 Å². The summed E-state index contributed by atoms with van der Waals surface area (Å²) >= 11 is 17.3. The molecule has 4 aromatic rings. The Hall–Kier alpha value is -3.73. The molecule has 2 heterocycles. The van der Waals surface area contributed by atoms with Gasteiger partial charge in [0.2, 0.25) is 17.8 Å². The molecule has 0 unspecified atom stereocenters. The predicted octanol–water partition coefficient (Wildman–Crippen LogP) is 5.11. The number of nitrogens with one attached hydrogen (secondary N) is 5. The highest BCUT2D eigenvalue weighted by Crippen LogP contribution is 2.15. The Morgan fingerprint density at radius 2 is 1.17 bits per heavy atom. The monoisotopic (exact) mass is 525 g/mol. The van der Waals surface area contributed by atoms with Crippen molar-refractivity contribution in [3.8, 4) is 0 Å². The van der Waals surface area contributed by atoms with Crippen molar-refractivity contribution in [3.05, 3.63) is 94.2 Å². The molecular weight excluding hydrogens is 505 g/mol. The van der Waals surface area contributed by atoms with E-state index >= 15 is 0 Å². The number of nitrogens with zero attached hydrogens (tertiary/aromatic N) is 4. The van der Waals surface area contributed by atoms with Crippen LogP contribution in [0.25, 0.3) is 0 Å². The van der Waals surface area contributed by atoms with Crippen LogP contribution in [0.15, 0.2) is 73.1 Å². The van der Waals surface area contributed by atoms with Gasteiger partial charge in [0.05, 0.1) is 0 Å². The van der Waals surface area contributed by atoms with E-state index in [1.807, 2.05) is 48.5 Å². The maximum absolute atomic E-state index is 5.97. The van der Waals surface area contributed by atoms with E-state index in [9.17, 15) is 0 Å². The van der Waals surface area contributed by atoms with Crippen LogP contribution in [0, 0.1) is 0 Å². The first-order valence-electron chi connectivity index (χ1n) is 10.5. The number of aromatic nitrogens is 4. The minimum absolute atomic E-state index is 0.274. The molecule has 0 amide bonds. The molecule has 0 saturated carbocycles. The van der Waals surface area contributed by atoms with Crippen LogP contribution >= 0.6 is 35.4 Å². The third-order valence-electron chi connectivity index (χ3n) is 4.59. The molecule has 0 aliphatic carbocycles. The highest BCUT2D eigenvalue weighted by Gasteiger charge is 2.08. The number of pyridine rings is 1. The third kappa shape index (κ3) is 7.92. The average molecular weight is 526 g/mol. The van der Waals surface area contributed by atoms with E-state index < -0.39 is 0 Å². The maximum Gasteiger partial charge on any atom is 0.248 e. The lowest BCUT2D eigenvalue weighted by Crippen LogP contribution is -2.34. The van der Waals surface area contributed by atoms with E-state index in [4.69, 9.17) is 35.4 Å². The Labute approximate surface area is 217 Å². The maximum atomic E-state index is 5.97. The molecule has 0 fully saturated rings. The Morgan fingerprint density at radius 1 is 0.686 bits per heavy atom. The van der Waals surface area contributed by atoms with Gasteiger partial charge in [-0.2, -0.15) is 15.0 Å². The molecule has 178 valence electrons. The van der Waals surface area contributed by atoms with Crippen LogP contribution in [0.3, 0.4) is 0 Å². The number of hydrogen-bond donors (Lipinski definition) is 5. The van der Waals surface area contributed by atoms with Crippen LogP contribution in [-0.4, -0.2) is 25.0 Å². The van der Waals surface area contributed by atoms with Gasteiger partial charge < -0.3 is 16.0 Å². The molecule has 0 atom stereocenters. The zero-order valence-corrected chi connectivity index (χ0v) is 20.6. The first-order valence-corrected chi connectivity index (χ1v) is 11.7. The summed E-state index contributed by atoms with van der Waals surface area (Å²) in [7, 11) is 0. The van der Waals surface area contributed by atoms with Crippen molar-refractivity contribution in [1.29, 1.82) is 0 Å². The summed E-state index contributed by atoms with van der Waals surface area (Å²) in [6.07, 6.45) is 3.34. The zero-order valence-electron chi connectivity index (χ0n) is 18.3. The van der Waals surface area contributed by atoms with Gasteiger partial charge in [-0.1, -0.05) is 47.5 Å². The summed E-state index contributed by atoms with van der Waals surface area (Å²) in [5.41, 5.74) is 8.64. The van der Waals surface area contributed by atoms with Crippen LogP contribution in [0.4, 0.5) is 23.5 Å². The van der Waals surface area contributed by atoms with Gasteiger partial charge in [0.1, 0.15) is 0 Å². The number of hydrogen-bond acceptors (Lipinski definition) is 8. The number of hydrazine groups is 1. The second-order valence-corrected chi connectivity index (χ2v) is 8.49. The molecule has 5 N–H and O–H groups in total. The topological polar surface area (TPSA) is 112 Å². The minimum atomic E-state index is 0.274. The minimum Gasteiger partial charge on any atom is -0.350 e. The van der Waals surface area contributed by atoms with E-state index in [0.29, 0.717) is 40.1 Å². The van der Waals surface area contributed by atoms with Gasteiger partial charge in [-0.05, 0) is 59.7 Å². The molecule has 35 heavy (non-hydrogen) atoms. The second kappa shape index (κ2) is 12.1. The van der Waals surface area contributed by atoms with E-state index in [-0.39, 0.29) is 5.95 Å². The van der Waals surface area contributed by atoms with Crippen LogP contribution < -0.4 is 26.8 Å². The highest BCUT2D eigenvalue weighted by molar-refractivity contribution is 7.80. The fourth-order valence-corrected chi connectivity index (χ4v) is 3.29. The van der Waals surface area contributed by atoms with E-state index in [1.54, 1.807) is 24.5 Å². The lowest BCUT2D eigenvalue weighted by atomic mass is 10.2. The second-order valence-electron chi connectivity index (χ2n) is 7.21. The van der Waals surface area contributed by atoms with Crippen LogP contribution in [0.5, 0.6) is 0 Å². The van der Waals surface area contributed by atoms with Crippen LogP contribution in [-0.2, 0) is 13.1 Å². The number of benzene rings is 2. The van der Waals surface area contributed by atoms with Gasteiger partial charge >= 0.3 is 0 Å². The molecule has 0 bridgehead atoms. The summed E-state index contributed by atoms with van der Waals surface area (Å²) in [5.74, 6) is 1.04. The van der Waals surface area contributed by atoms with Gasteiger partial charge in [-0.3, -0.25) is 15.8 Å². The normalized spacial score (nSPS) is 10.3. The molecule has 0 saturated heterocycles. The Balaban J connectivity index is 1.44. The third-order valence-corrected chi connectivity index (χ3v) is 5.30. The molecule has 4 rings (SSSR count). The highest BCUT2D eigenvalue weighted by atomic mass is 35.5. The quantitative estimate of drug-likeness (QED) is 0.149. The molecule has 0 radical (unpaired) electrons. The van der Waals surface area contributed by atoms with Crippen molar-refractivity contribution in [2.24, 2.45) is 0 Å². The van der Waals surface area contributed by atoms with Crippen LogP contribution in [0.2, 0.25) is 10.0 Å². The Bertz CT molecular complexity index is 1190. The number of rotatable bonds is 9. The molecule has 9 nitrogen and oxygen atoms in total. The average Bonchev–Trinajstić information content (AvgIpc) is 2.87. The number of thiocarbonyl (C=S) groups is 1. The predicted molar refractivity (Wildman–Crippen MR) is 145 cm³/mol. The molecule has 0 spiro atoms. The van der Waals surface area contributed by atoms with Gasteiger partial charge in [0.25, 0.3) is 0 Å².